The Kier molecular flexibility index (Phi) is 5.37. The molecule has 1 aromatic heterocycles. The minimum absolute atomic E-state index is 0.0325. The number of carbonyl (C=O) groups is 2. The molecule has 0 aliphatic carbocycles. The van der Waals surface area contributed by atoms with Crippen LogP contribution in [0.3, 0.4) is 0 Å². The highest BCUT2D eigenvalue weighted by Crippen LogP contribution is 2.42. The van der Waals surface area contributed by atoms with Crippen LogP contribution in [0.1, 0.15) is 22.7 Å². The van der Waals surface area contributed by atoms with Gasteiger partial charge in [0.05, 0.1) is 18.7 Å². The molecule has 170 valence electrons. The Morgan fingerprint density at radius 1 is 1.03 bits per heavy atom. The number of Topliss-reactive ketones (excluding diaryl/α,β-unsaturated/α-hetero) is 1. The maximum absolute atomic E-state index is 13.5. The Bertz CT molecular complexity index is 1420. The summed E-state index contributed by atoms with van der Waals surface area (Å²) in [6.07, 6.45) is 1.75. The number of likely N-dealkylation sites (tertiary alicyclic amines) is 1. The fourth-order valence-corrected chi connectivity index (χ4v) is 4.38. The number of nitrogens with zero attached hydrogens (tertiary/aromatic N) is 1. The first-order valence-corrected chi connectivity index (χ1v) is 10.7. The van der Waals surface area contributed by atoms with E-state index < -0.39 is 23.5 Å². The van der Waals surface area contributed by atoms with Crippen molar-refractivity contribution >= 4 is 28.4 Å². The summed E-state index contributed by atoms with van der Waals surface area (Å²) in [7, 11) is 1.57. The van der Waals surface area contributed by atoms with E-state index in [0.717, 1.165) is 16.5 Å². The van der Waals surface area contributed by atoms with E-state index in [1.165, 1.54) is 29.2 Å². The second-order valence-corrected chi connectivity index (χ2v) is 8.07. The number of halogens is 1. The molecule has 4 aromatic rings. The summed E-state index contributed by atoms with van der Waals surface area (Å²) in [5.74, 6) is -1.63. The Morgan fingerprint density at radius 2 is 1.74 bits per heavy atom. The van der Waals surface area contributed by atoms with E-state index in [9.17, 15) is 19.1 Å². The van der Waals surface area contributed by atoms with Gasteiger partial charge in [0.15, 0.2) is 0 Å². The summed E-state index contributed by atoms with van der Waals surface area (Å²) in [4.78, 5) is 31.1. The molecule has 1 aliphatic rings. The van der Waals surface area contributed by atoms with Gasteiger partial charge in [-0.2, -0.15) is 0 Å². The molecule has 1 atom stereocenters. The number of carbonyl (C=O) groups excluding carboxylic acids is 2. The van der Waals surface area contributed by atoms with Crippen molar-refractivity contribution in [2.45, 2.75) is 12.6 Å². The molecule has 34 heavy (non-hydrogen) atoms. The van der Waals surface area contributed by atoms with Crippen molar-refractivity contribution in [2.75, 3.05) is 7.11 Å². The third-order valence-corrected chi connectivity index (χ3v) is 6.09. The molecular formula is C27H21FN2O4. The molecule has 1 amide bonds. The summed E-state index contributed by atoms with van der Waals surface area (Å²) in [5, 5.41) is 12.0. The largest absolute Gasteiger partial charge is 0.507 e. The zero-order valence-electron chi connectivity index (χ0n) is 18.3. The van der Waals surface area contributed by atoms with E-state index in [2.05, 4.69) is 4.98 Å². The van der Waals surface area contributed by atoms with Crippen molar-refractivity contribution in [3.63, 3.8) is 0 Å². The van der Waals surface area contributed by atoms with Crippen LogP contribution in [0.4, 0.5) is 4.39 Å². The van der Waals surface area contributed by atoms with Crippen LogP contribution >= 0.6 is 0 Å². The van der Waals surface area contributed by atoms with Gasteiger partial charge in [-0.15, -0.1) is 0 Å². The number of nitrogens with one attached hydrogen (secondary N) is 1. The lowest BCUT2D eigenvalue weighted by atomic mass is 9.95. The van der Waals surface area contributed by atoms with Gasteiger partial charge in [-0.05, 0) is 48.0 Å². The number of aliphatic hydroxyl groups is 1. The first-order valence-electron chi connectivity index (χ1n) is 10.7. The molecule has 3 aromatic carbocycles. The second-order valence-electron chi connectivity index (χ2n) is 8.07. The van der Waals surface area contributed by atoms with Crippen LogP contribution in [-0.4, -0.2) is 33.8 Å². The van der Waals surface area contributed by atoms with E-state index in [0.29, 0.717) is 11.3 Å². The number of aromatic amines is 1. The lowest BCUT2D eigenvalue weighted by Crippen LogP contribution is -2.29. The monoisotopic (exact) mass is 456 g/mol. The maximum atomic E-state index is 13.5. The summed E-state index contributed by atoms with van der Waals surface area (Å²) in [6, 6.07) is 19.1. The number of hydrogen-bond donors (Lipinski definition) is 2. The lowest BCUT2D eigenvalue weighted by molar-refractivity contribution is -0.140. The van der Waals surface area contributed by atoms with Gasteiger partial charge in [0.1, 0.15) is 17.3 Å². The fourth-order valence-electron chi connectivity index (χ4n) is 4.38. The number of benzene rings is 3. The Hall–Kier alpha value is -4.39. The smallest absolute Gasteiger partial charge is 0.295 e. The minimum atomic E-state index is -0.830. The number of rotatable bonds is 5. The number of amides is 1. The van der Waals surface area contributed by atoms with Crippen molar-refractivity contribution < 1.29 is 23.8 Å². The number of aliphatic hydroxyl groups excluding tert-OH is 1. The third kappa shape index (κ3) is 3.61. The highest BCUT2D eigenvalue weighted by molar-refractivity contribution is 6.46. The molecular weight excluding hydrogens is 435 g/mol. The van der Waals surface area contributed by atoms with E-state index in [-0.39, 0.29) is 23.4 Å². The molecule has 0 bridgehead atoms. The lowest BCUT2D eigenvalue weighted by Gasteiger charge is -2.25. The van der Waals surface area contributed by atoms with Gasteiger partial charge < -0.3 is 19.7 Å². The number of para-hydroxylation sites is 1. The number of aromatic nitrogens is 1. The Balaban J connectivity index is 1.67. The van der Waals surface area contributed by atoms with Crippen LogP contribution < -0.4 is 4.74 Å². The zero-order valence-corrected chi connectivity index (χ0v) is 18.3. The number of ether oxygens (including phenoxy) is 1. The predicted molar refractivity (Wildman–Crippen MR) is 126 cm³/mol. The topological polar surface area (TPSA) is 82.6 Å². The fraction of sp³-hybridized carbons (Fsp3) is 0.111. The number of ketones is 1. The predicted octanol–water partition coefficient (Wildman–Crippen LogP) is 4.94. The van der Waals surface area contributed by atoms with Crippen molar-refractivity contribution in [3.05, 3.63) is 107 Å². The van der Waals surface area contributed by atoms with Gasteiger partial charge in [-0.1, -0.05) is 30.3 Å². The number of methoxy groups -OCH3 is 1. The first-order chi connectivity index (χ1) is 16.5. The molecule has 0 spiro atoms. The van der Waals surface area contributed by atoms with Crippen LogP contribution in [0.25, 0.3) is 16.7 Å². The van der Waals surface area contributed by atoms with Crippen molar-refractivity contribution in [1.29, 1.82) is 0 Å². The molecule has 2 N–H and O–H groups in total. The molecule has 0 saturated carbocycles. The third-order valence-electron chi connectivity index (χ3n) is 6.09. The molecule has 1 fully saturated rings. The highest BCUT2D eigenvalue weighted by Gasteiger charge is 2.46. The molecule has 1 saturated heterocycles. The first kappa shape index (κ1) is 21.5. The van der Waals surface area contributed by atoms with Crippen LogP contribution in [0, 0.1) is 5.82 Å². The Morgan fingerprint density at radius 3 is 2.44 bits per heavy atom. The number of H-pyrrole nitrogens is 1. The molecule has 5 rings (SSSR count). The molecule has 0 radical (unpaired) electrons. The van der Waals surface area contributed by atoms with Gasteiger partial charge in [0.25, 0.3) is 11.7 Å². The van der Waals surface area contributed by atoms with Gasteiger partial charge in [-0.25, -0.2) is 4.39 Å². The minimum Gasteiger partial charge on any atom is -0.507 e. The zero-order chi connectivity index (χ0) is 23.8. The number of hydrogen-bond acceptors (Lipinski definition) is 4. The molecule has 2 heterocycles. The quantitative estimate of drug-likeness (QED) is 0.253. The van der Waals surface area contributed by atoms with Crippen molar-refractivity contribution in [3.8, 4) is 5.75 Å². The normalized spacial score (nSPS) is 17.5. The molecule has 1 aliphatic heterocycles. The van der Waals surface area contributed by atoms with Crippen LogP contribution in [-0.2, 0) is 16.1 Å². The summed E-state index contributed by atoms with van der Waals surface area (Å²) < 4.78 is 18.7. The SMILES string of the molecule is COc1ccc(CN2C(=O)C(=O)/C(=C(/O)c3ccc(F)cc3)C2c2c[nH]c3ccccc23)cc1. The van der Waals surface area contributed by atoms with E-state index in [1.807, 2.05) is 36.4 Å². The van der Waals surface area contributed by atoms with Crippen LogP contribution in [0.15, 0.2) is 84.6 Å². The summed E-state index contributed by atoms with van der Waals surface area (Å²) in [6.45, 7) is 0.152. The van der Waals surface area contributed by atoms with E-state index in [4.69, 9.17) is 4.74 Å². The van der Waals surface area contributed by atoms with Crippen molar-refractivity contribution in [1.82, 2.24) is 9.88 Å². The molecule has 7 heteroatoms. The summed E-state index contributed by atoms with van der Waals surface area (Å²) >= 11 is 0. The molecule has 1 unspecified atom stereocenters. The second kappa shape index (κ2) is 8.51. The van der Waals surface area contributed by atoms with Gasteiger partial charge >= 0.3 is 0 Å². The standard InChI is InChI=1S/C27H21FN2O4/c1-34-19-12-6-16(7-13-19)15-30-24(21-14-29-22-5-3-2-4-20(21)22)23(26(32)27(30)33)25(31)17-8-10-18(28)11-9-17/h2-14,24,29,31H,15H2,1H3/b25-23+. The molecule has 6 nitrogen and oxygen atoms in total. The van der Waals surface area contributed by atoms with Crippen molar-refractivity contribution in [2.24, 2.45) is 0 Å². The highest BCUT2D eigenvalue weighted by atomic mass is 19.1. The Labute approximate surface area is 194 Å². The summed E-state index contributed by atoms with van der Waals surface area (Å²) in [5.41, 5.74) is 2.55. The van der Waals surface area contributed by atoms with Gasteiger partial charge in [0, 0.05) is 34.8 Å². The average molecular weight is 456 g/mol. The van der Waals surface area contributed by atoms with E-state index >= 15 is 0 Å². The number of fused-ring (bicyclic) bond motifs is 1. The van der Waals surface area contributed by atoms with Crippen LogP contribution in [0.2, 0.25) is 0 Å². The van der Waals surface area contributed by atoms with Gasteiger partial charge in [-0.3, -0.25) is 9.59 Å². The van der Waals surface area contributed by atoms with Crippen LogP contribution in [0.5, 0.6) is 5.75 Å². The average Bonchev–Trinajstić information content (AvgIpc) is 3.39. The maximum Gasteiger partial charge on any atom is 0.295 e. The van der Waals surface area contributed by atoms with E-state index in [1.54, 1.807) is 25.4 Å². The van der Waals surface area contributed by atoms with Gasteiger partial charge in [0.2, 0.25) is 0 Å².